The molecule has 124 valence electrons. The average Bonchev–Trinajstić information content (AvgIpc) is 2.50. The summed E-state index contributed by atoms with van der Waals surface area (Å²) in [6.07, 6.45) is 0.974. The van der Waals surface area contributed by atoms with Crippen molar-refractivity contribution in [2.75, 3.05) is 0 Å². The first-order chi connectivity index (χ1) is 10.6. The van der Waals surface area contributed by atoms with E-state index >= 15 is 0 Å². The molecule has 1 aromatic heterocycles. The summed E-state index contributed by atoms with van der Waals surface area (Å²) in [7, 11) is -5.04. The normalized spacial score (nSPS) is 11.7. The molecule has 0 aliphatic heterocycles. The van der Waals surface area contributed by atoms with Gasteiger partial charge in [-0.2, -0.15) is 0 Å². The van der Waals surface area contributed by atoms with E-state index in [1.54, 1.807) is 4.72 Å². The molecule has 0 bridgehead atoms. The molecule has 0 aliphatic carbocycles. The average molecular weight is 354 g/mol. The smallest absolute Gasteiger partial charge is 0.247 e. The summed E-state index contributed by atoms with van der Waals surface area (Å²) in [4.78, 5) is 1.62. The fraction of sp³-hybridized carbons (Fsp3) is 0.0833. The zero-order chi connectivity index (χ0) is 17.4. The minimum absolute atomic E-state index is 0.0373. The van der Waals surface area contributed by atoms with Crippen molar-refractivity contribution >= 4 is 10.0 Å². The molecule has 0 radical (unpaired) electrons. The summed E-state index contributed by atoms with van der Waals surface area (Å²) >= 11 is 0. The summed E-state index contributed by atoms with van der Waals surface area (Å²) in [6.45, 7) is -0.595. The van der Waals surface area contributed by atoms with Crippen LogP contribution >= 0.6 is 0 Å². The predicted molar refractivity (Wildman–Crippen MR) is 66.2 cm³/mol. The summed E-state index contributed by atoms with van der Waals surface area (Å²) in [5, 5.41) is 9.00. The Balaban J connectivity index is 2.39. The van der Waals surface area contributed by atoms with Gasteiger partial charge in [0.2, 0.25) is 15.8 Å². The molecule has 0 fully saturated rings. The van der Waals surface area contributed by atoms with Gasteiger partial charge in [0.05, 0.1) is 18.4 Å². The van der Waals surface area contributed by atoms with Crippen molar-refractivity contribution in [3.63, 3.8) is 0 Å². The Kier molecular flexibility index (Phi) is 4.52. The first-order valence-corrected chi connectivity index (χ1v) is 7.28. The van der Waals surface area contributed by atoms with Gasteiger partial charge in [-0.3, -0.25) is 4.98 Å². The van der Waals surface area contributed by atoms with E-state index in [2.05, 4.69) is 4.98 Å². The van der Waals surface area contributed by atoms with Gasteiger partial charge < -0.3 is 5.11 Å². The van der Waals surface area contributed by atoms with Crippen LogP contribution in [0.15, 0.2) is 23.2 Å². The maximum Gasteiger partial charge on any atom is 0.247 e. The van der Waals surface area contributed by atoms with Crippen LogP contribution in [-0.2, 0) is 16.6 Å². The number of nitrogens with zero attached hydrogens (tertiary/aromatic N) is 1. The third-order valence-corrected chi connectivity index (χ3v) is 4.11. The molecule has 0 aliphatic rings. The lowest BCUT2D eigenvalue weighted by Crippen LogP contribution is -2.27. The Morgan fingerprint density at radius 3 is 1.96 bits per heavy atom. The lowest BCUT2D eigenvalue weighted by molar-refractivity contribution is 0.357. The minimum Gasteiger partial charge on any atom is -0.506 e. The van der Waals surface area contributed by atoms with Gasteiger partial charge in [-0.15, -0.1) is 0 Å². The van der Waals surface area contributed by atoms with Gasteiger partial charge in [-0.05, 0) is 12.1 Å². The number of pyridine rings is 1. The standard InChI is InChI=1S/C12H7F5N2O3S/c13-7-8(14)10(16)12(11(17)9(7)15)23(21,22)19-3-5-1-2-6(20)4-18-5/h1-2,4,19-20H,3H2. The van der Waals surface area contributed by atoms with Crippen LogP contribution in [0.1, 0.15) is 5.69 Å². The second-order valence-electron chi connectivity index (χ2n) is 4.23. The minimum atomic E-state index is -5.04. The number of aromatic nitrogens is 1. The number of halogens is 5. The molecule has 1 heterocycles. The number of rotatable bonds is 4. The molecule has 0 saturated carbocycles. The zero-order valence-electron chi connectivity index (χ0n) is 10.9. The van der Waals surface area contributed by atoms with Crippen molar-refractivity contribution in [2.45, 2.75) is 11.4 Å². The number of hydrogen-bond acceptors (Lipinski definition) is 4. The topological polar surface area (TPSA) is 79.3 Å². The number of hydrogen-bond donors (Lipinski definition) is 2. The second kappa shape index (κ2) is 6.08. The maximum atomic E-state index is 13.5. The van der Waals surface area contributed by atoms with Crippen molar-refractivity contribution < 1.29 is 35.5 Å². The van der Waals surface area contributed by atoms with E-state index in [1.807, 2.05) is 0 Å². The molecular weight excluding hydrogens is 347 g/mol. The first kappa shape index (κ1) is 17.1. The number of benzene rings is 1. The summed E-state index contributed by atoms with van der Waals surface area (Å²) in [5.74, 6) is -12.3. The fourth-order valence-electron chi connectivity index (χ4n) is 1.58. The van der Waals surface area contributed by atoms with E-state index < -0.39 is 50.5 Å². The first-order valence-electron chi connectivity index (χ1n) is 5.80. The molecule has 0 atom stereocenters. The van der Waals surface area contributed by atoms with Crippen molar-refractivity contribution in [3.05, 3.63) is 53.1 Å². The van der Waals surface area contributed by atoms with Crippen molar-refractivity contribution in [2.24, 2.45) is 0 Å². The van der Waals surface area contributed by atoms with Crippen LogP contribution in [0.25, 0.3) is 0 Å². The van der Waals surface area contributed by atoms with Crippen molar-refractivity contribution in [1.82, 2.24) is 9.71 Å². The Labute approximate surface area is 126 Å². The summed E-state index contributed by atoms with van der Waals surface area (Å²) < 4.78 is 91.2. The molecule has 0 amide bonds. The molecule has 5 nitrogen and oxygen atoms in total. The van der Waals surface area contributed by atoms with Gasteiger partial charge in [0.25, 0.3) is 0 Å². The lowest BCUT2D eigenvalue weighted by Gasteiger charge is -2.10. The highest BCUT2D eigenvalue weighted by Crippen LogP contribution is 2.26. The quantitative estimate of drug-likeness (QED) is 0.500. The van der Waals surface area contributed by atoms with Crippen LogP contribution in [0.2, 0.25) is 0 Å². The molecule has 23 heavy (non-hydrogen) atoms. The highest BCUT2D eigenvalue weighted by Gasteiger charge is 2.33. The fourth-order valence-corrected chi connectivity index (χ4v) is 2.72. The second-order valence-corrected chi connectivity index (χ2v) is 5.94. The molecule has 0 saturated heterocycles. The SMILES string of the molecule is O=S(=O)(NCc1ccc(O)cn1)c1c(F)c(F)c(F)c(F)c1F. The molecule has 0 spiro atoms. The van der Waals surface area contributed by atoms with Gasteiger partial charge in [-0.1, -0.05) is 0 Å². The lowest BCUT2D eigenvalue weighted by atomic mass is 10.3. The highest BCUT2D eigenvalue weighted by molar-refractivity contribution is 7.89. The van der Waals surface area contributed by atoms with Crippen LogP contribution in [0.5, 0.6) is 5.75 Å². The molecule has 2 N–H and O–H groups in total. The van der Waals surface area contributed by atoms with Crippen LogP contribution in [0.3, 0.4) is 0 Å². The van der Waals surface area contributed by atoms with Gasteiger partial charge >= 0.3 is 0 Å². The van der Waals surface area contributed by atoms with Crippen molar-refractivity contribution in [3.8, 4) is 5.75 Å². The molecule has 11 heteroatoms. The number of nitrogens with one attached hydrogen (secondary N) is 1. The van der Waals surface area contributed by atoms with E-state index in [-0.39, 0.29) is 11.4 Å². The van der Waals surface area contributed by atoms with E-state index in [9.17, 15) is 30.4 Å². The van der Waals surface area contributed by atoms with Crippen LogP contribution in [0, 0.1) is 29.1 Å². The van der Waals surface area contributed by atoms with Gasteiger partial charge in [0, 0.05) is 0 Å². The molecule has 2 rings (SSSR count). The number of aromatic hydroxyl groups is 1. The van der Waals surface area contributed by atoms with Crippen LogP contribution < -0.4 is 4.72 Å². The Hall–Kier alpha value is -2.27. The van der Waals surface area contributed by atoms with Crippen LogP contribution in [0.4, 0.5) is 22.0 Å². The Bertz CT molecular complexity index is 827. The molecule has 1 aromatic carbocycles. The van der Waals surface area contributed by atoms with E-state index in [4.69, 9.17) is 5.11 Å². The van der Waals surface area contributed by atoms with Gasteiger partial charge in [0.1, 0.15) is 5.75 Å². The third-order valence-electron chi connectivity index (χ3n) is 2.69. The molecule has 0 unspecified atom stereocenters. The predicted octanol–water partition coefficient (Wildman–Crippen LogP) is 1.96. The maximum absolute atomic E-state index is 13.5. The molecule has 2 aromatic rings. The largest absolute Gasteiger partial charge is 0.506 e. The third kappa shape index (κ3) is 3.24. The van der Waals surface area contributed by atoms with Gasteiger partial charge in [0.15, 0.2) is 28.2 Å². The van der Waals surface area contributed by atoms with Gasteiger partial charge in [-0.25, -0.2) is 35.1 Å². The molecular formula is C12H7F5N2O3S. The number of sulfonamides is 1. The van der Waals surface area contributed by atoms with Crippen LogP contribution in [-0.4, -0.2) is 18.5 Å². The van der Waals surface area contributed by atoms with E-state index in [0.717, 1.165) is 12.3 Å². The van der Waals surface area contributed by atoms with E-state index in [1.165, 1.54) is 6.07 Å². The highest BCUT2D eigenvalue weighted by atomic mass is 32.2. The summed E-state index contributed by atoms with van der Waals surface area (Å²) in [6, 6.07) is 2.35. The van der Waals surface area contributed by atoms with Crippen molar-refractivity contribution in [1.29, 1.82) is 0 Å². The zero-order valence-corrected chi connectivity index (χ0v) is 11.8. The van der Waals surface area contributed by atoms with E-state index in [0.29, 0.717) is 0 Å². The Morgan fingerprint density at radius 2 is 1.48 bits per heavy atom. The monoisotopic (exact) mass is 354 g/mol. The Morgan fingerprint density at radius 1 is 0.957 bits per heavy atom. The summed E-state index contributed by atoms with van der Waals surface area (Å²) in [5.41, 5.74) is 0.0373.